The molecule has 1 fully saturated rings. The molecule has 0 unspecified atom stereocenters. The number of halogens is 2. The molecular weight excluding hydrogens is 281 g/mol. The Bertz CT molecular complexity index is 440. The minimum Gasteiger partial charge on any atom is -0.393 e. The van der Waals surface area contributed by atoms with E-state index in [9.17, 15) is 5.11 Å². The zero-order chi connectivity index (χ0) is 14.0. The topological polar surface area (TPSA) is 23.5 Å². The number of hydrogen-bond donors (Lipinski definition) is 1. The van der Waals surface area contributed by atoms with Crippen LogP contribution in [-0.4, -0.2) is 36.8 Å². The maximum Gasteiger partial charge on any atom is 0.0595 e. The first-order valence-electron chi connectivity index (χ1n) is 6.71. The van der Waals surface area contributed by atoms with E-state index in [1.807, 2.05) is 12.1 Å². The maximum atomic E-state index is 9.76. The van der Waals surface area contributed by atoms with Crippen LogP contribution in [0.1, 0.15) is 31.2 Å². The lowest BCUT2D eigenvalue weighted by Crippen LogP contribution is -2.41. The lowest BCUT2D eigenvalue weighted by Gasteiger charge is -2.41. The molecule has 1 aliphatic rings. The van der Waals surface area contributed by atoms with E-state index in [0.717, 1.165) is 32.2 Å². The van der Waals surface area contributed by atoms with E-state index in [2.05, 4.69) is 25.1 Å². The number of likely N-dealkylation sites (N-methyl/N-ethyl adjacent to an activating group) is 1. The number of rotatable bonds is 3. The summed E-state index contributed by atoms with van der Waals surface area (Å²) in [5.74, 6) is 0. The standard InChI is InChI=1S/C15H21Cl2NO/c1-18(2)10-15(7-5-12(19)6-8-15)11-3-4-13(16)14(17)9-11/h3-4,9,12,19H,5-8,10H2,1-2H3. The van der Waals surface area contributed by atoms with Gasteiger partial charge in [-0.15, -0.1) is 0 Å². The summed E-state index contributed by atoms with van der Waals surface area (Å²) in [6, 6.07) is 5.95. The largest absolute Gasteiger partial charge is 0.393 e. The summed E-state index contributed by atoms with van der Waals surface area (Å²) in [7, 11) is 4.18. The first-order valence-corrected chi connectivity index (χ1v) is 7.47. The van der Waals surface area contributed by atoms with Crippen molar-refractivity contribution < 1.29 is 5.11 Å². The highest BCUT2D eigenvalue weighted by molar-refractivity contribution is 6.42. The van der Waals surface area contributed by atoms with Gasteiger partial charge in [-0.2, -0.15) is 0 Å². The van der Waals surface area contributed by atoms with E-state index in [0.29, 0.717) is 10.0 Å². The molecular formula is C15H21Cl2NO. The van der Waals surface area contributed by atoms with Gasteiger partial charge in [-0.05, 0) is 57.5 Å². The van der Waals surface area contributed by atoms with Crippen molar-refractivity contribution in [3.8, 4) is 0 Å². The van der Waals surface area contributed by atoms with Gasteiger partial charge in [0, 0.05) is 12.0 Å². The zero-order valence-electron chi connectivity index (χ0n) is 11.5. The van der Waals surface area contributed by atoms with Crippen LogP contribution in [0.2, 0.25) is 10.0 Å². The van der Waals surface area contributed by atoms with Crippen LogP contribution in [0.3, 0.4) is 0 Å². The Morgan fingerprint density at radius 2 is 1.84 bits per heavy atom. The van der Waals surface area contributed by atoms with Crippen molar-refractivity contribution in [3.63, 3.8) is 0 Å². The Balaban J connectivity index is 2.33. The first kappa shape index (κ1) is 15.1. The molecule has 1 aromatic rings. The van der Waals surface area contributed by atoms with Crippen LogP contribution in [0.4, 0.5) is 0 Å². The monoisotopic (exact) mass is 301 g/mol. The van der Waals surface area contributed by atoms with Gasteiger partial charge in [-0.1, -0.05) is 29.3 Å². The molecule has 0 atom stereocenters. The summed E-state index contributed by atoms with van der Waals surface area (Å²) in [6.45, 7) is 0.970. The fraction of sp³-hybridized carbons (Fsp3) is 0.600. The fourth-order valence-corrected chi connectivity index (χ4v) is 3.42. The van der Waals surface area contributed by atoms with E-state index in [4.69, 9.17) is 23.2 Å². The van der Waals surface area contributed by atoms with E-state index < -0.39 is 0 Å². The SMILES string of the molecule is CN(C)CC1(c2ccc(Cl)c(Cl)c2)CCC(O)CC1. The number of hydrogen-bond acceptors (Lipinski definition) is 2. The molecule has 0 aliphatic heterocycles. The third-order valence-electron chi connectivity index (χ3n) is 4.06. The lowest BCUT2D eigenvalue weighted by molar-refractivity contribution is 0.0843. The highest BCUT2D eigenvalue weighted by atomic mass is 35.5. The van der Waals surface area contributed by atoms with Crippen LogP contribution in [0, 0.1) is 0 Å². The molecule has 1 N–H and O–H groups in total. The molecule has 2 rings (SSSR count). The predicted molar refractivity (Wildman–Crippen MR) is 81.2 cm³/mol. The Hall–Kier alpha value is -0.280. The Kier molecular flexibility index (Phi) is 4.78. The number of aliphatic hydroxyl groups excluding tert-OH is 1. The van der Waals surface area contributed by atoms with Crippen molar-refractivity contribution in [2.75, 3.05) is 20.6 Å². The van der Waals surface area contributed by atoms with Gasteiger partial charge in [0.25, 0.3) is 0 Å². The third kappa shape index (κ3) is 3.43. The Morgan fingerprint density at radius 1 is 1.21 bits per heavy atom. The van der Waals surface area contributed by atoms with Gasteiger partial charge in [0.05, 0.1) is 16.1 Å². The molecule has 19 heavy (non-hydrogen) atoms. The number of aliphatic hydroxyl groups is 1. The van der Waals surface area contributed by atoms with Crippen molar-refractivity contribution >= 4 is 23.2 Å². The van der Waals surface area contributed by atoms with Gasteiger partial charge < -0.3 is 10.0 Å². The molecule has 0 heterocycles. The quantitative estimate of drug-likeness (QED) is 0.919. The number of nitrogens with zero attached hydrogens (tertiary/aromatic N) is 1. The molecule has 0 aromatic heterocycles. The van der Waals surface area contributed by atoms with E-state index in [1.54, 1.807) is 0 Å². The Labute approximate surface area is 125 Å². The molecule has 106 valence electrons. The summed E-state index contributed by atoms with van der Waals surface area (Å²) in [4.78, 5) is 2.21. The maximum absolute atomic E-state index is 9.76. The van der Waals surface area contributed by atoms with Gasteiger partial charge in [0.15, 0.2) is 0 Å². The van der Waals surface area contributed by atoms with Gasteiger partial charge >= 0.3 is 0 Å². The zero-order valence-corrected chi connectivity index (χ0v) is 13.0. The lowest BCUT2D eigenvalue weighted by atomic mass is 9.68. The van der Waals surface area contributed by atoms with Crippen molar-refractivity contribution in [2.24, 2.45) is 0 Å². The molecule has 0 radical (unpaired) electrons. The predicted octanol–water partition coefficient (Wildman–Crippen LogP) is 3.73. The van der Waals surface area contributed by atoms with Crippen LogP contribution in [0.25, 0.3) is 0 Å². The van der Waals surface area contributed by atoms with Crippen molar-refractivity contribution in [3.05, 3.63) is 33.8 Å². The smallest absolute Gasteiger partial charge is 0.0595 e. The summed E-state index contributed by atoms with van der Waals surface area (Å²) >= 11 is 12.2. The summed E-state index contributed by atoms with van der Waals surface area (Å²) in [5, 5.41) is 11.0. The molecule has 1 aromatic carbocycles. The second kappa shape index (κ2) is 6.01. The average Bonchev–Trinajstić information content (AvgIpc) is 2.35. The normalized spacial score (nSPS) is 27.8. The number of benzene rings is 1. The van der Waals surface area contributed by atoms with Crippen molar-refractivity contribution in [2.45, 2.75) is 37.2 Å². The molecule has 0 amide bonds. The molecule has 1 aliphatic carbocycles. The van der Waals surface area contributed by atoms with E-state index in [-0.39, 0.29) is 11.5 Å². The summed E-state index contributed by atoms with van der Waals surface area (Å²) in [6.07, 6.45) is 3.54. The first-order chi connectivity index (χ1) is 8.93. The van der Waals surface area contributed by atoms with Crippen LogP contribution in [-0.2, 0) is 5.41 Å². The second-order valence-corrected chi connectivity index (χ2v) is 6.69. The van der Waals surface area contributed by atoms with Crippen LogP contribution < -0.4 is 0 Å². The van der Waals surface area contributed by atoms with Crippen LogP contribution in [0.5, 0.6) is 0 Å². The van der Waals surface area contributed by atoms with E-state index >= 15 is 0 Å². The van der Waals surface area contributed by atoms with Crippen LogP contribution in [0.15, 0.2) is 18.2 Å². The highest BCUT2D eigenvalue weighted by Gasteiger charge is 2.37. The third-order valence-corrected chi connectivity index (χ3v) is 4.80. The molecule has 2 nitrogen and oxygen atoms in total. The van der Waals surface area contributed by atoms with Crippen LogP contribution >= 0.6 is 23.2 Å². The highest BCUT2D eigenvalue weighted by Crippen LogP contribution is 2.41. The molecule has 0 spiro atoms. The van der Waals surface area contributed by atoms with Gasteiger partial charge in [-0.3, -0.25) is 0 Å². The average molecular weight is 302 g/mol. The molecule has 0 bridgehead atoms. The second-order valence-electron chi connectivity index (χ2n) is 5.88. The summed E-state index contributed by atoms with van der Waals surface area (Å²) in [5.41, 5.74) is 1.32. The fourth-order valence-electron chi connectivity index (χ4n) is 3.12. The molecule has 4 heteroatoms. The minimum absolute atomic E-state index is 0.0803. The van der Waals surface area contributed by atoms with Gasteiger partial charge in [0.2, 0.25) is 0 Å². The van der Waals surface area contributed by atoms with E-state index in [1.165, 1.54) is 5.56 Å². The van der Waals surface area contributed by atoms with Crippen molar-refractivity contribution in [1.29, 1.82) is 0 Å². The molecule has 1 saturated carbocycles. The van der Waals surface area contributed by atoms with Crippen molar-refractivity contribution in [1.82, 2.24) is 4.90 Å². The molecule has 0 saturated heterocycles. The Morgan fingerprint density at radius 3 is 2.37 bits per heavy atom. The minimum atomic E-state index is -0.155. The van der Waals surface area contributed by atoms with Gasteiger partial charge in [-0.25, -0.2) is 0 Å². The van der Waals surface area contributed by atoms with Gasteiger partial charge in [0.1, 0.15) is 0 Å². The summed E-state index contributed by atoms with van der Waals surface area (Å²) < 4.78 is 0.